The SMILES string of the molecule is O=C(NCc1ccco1)C(c1ccccc1)n1cnnn1. The van der Waals surface area contributed by atoms with Crippen molar-refractivity contribution in [3.05, 3.63) is 66.4 Å². The van der Waals surface area contributed by atoms with Crippen molar-refractivity contribution in [2.24, 2.45) is 0 Å². The molecule has 7 heteroatoms. The Morgan fingerprint density at radius 2 is 2.10 bits per heavy atom. The third-order valence-corrected chi connectivity index (χ3v) is 3.01. The molecule has 1 aromatic carbocycles. The van der Waals surface area contributed by atoms with Crippen LogP contribution in [0.4, 0.5) is 0 Å². The minimum Gasteiger partial charge on any atom is -0.467 e. The topological polar surface area (TPSA) is 85.8 Å². The lowest BCUT2D eigenvalue weighted by Gasteiger charge is -2.16. The highest BCUT2D eigenvalue weighted by molar-refractivity contribution is 5.83. The number of rotatable bonds is 5. The third kappa shape index (κ3) is 2.97. The number of carbonyl (C=O) groups excluding carboxylic acids is 1. The van der Waals surface area contributed by atoms with E-state index in [1.807, 2.05) is 30.3 Å². The minimum absolute atomic E-state index is 0.204. The molecular formula is C14H13N5O2. The van der Waals surface area contributed by atoms with E-state index in [4.69, 9.17) is 4.42 Å². The van der Waals surface area contributed by atoms with Crippen molar-refractivity contribution < 1.29 is 9.21 Å². The lowest BCUT2D eigenvalue weighted by molar-refractivity contribution is -0.123. The molecule has 0 aliphatic rings. The molecule has 2 heterocycles. The lowest BCUT2D eigenvalue weighted by atomic mass is 10.1. The average Bonchev–Trinajstić information content (AvgIpc) is 3.20. The number of amides is 1. The number of hydrogen-bond donors (Lipinski definition) is 1. The number of nitrogens with zero attached hydrogens (tertiary/aromatic N) is 4. The number of tetrazole rings is 1. The predicted molar refractivity (Wildman–Crippen MR) is 73.0 cm³/mol. The summed E-state index contributed by atoms with van der Waals surface area (Å²) in [6.07, 6.45) is 2.99. The maximum Gasteiger partial charge on any atom is 0.249 e. The smallest absolute Gasteiger partial charge is 0.249 e. The number of furan rings is 1. The fourth-order valence-corrected chi connectivity index (χ4v) is 2.03. The van der Waals surface area contributed by atoms with Gasteiger partial charge in [-0.3, -0.25) is 4.79 Å². The van der Waals surface area contributed by atoms with Crippen LogP contribution in [0.5, 0.6) is 0 Å². The maximum absolute atomic E-state index is 12.5. The third-order valence-electron chi connectivity index (χ3n) is 3.01. The first-order chi connectivity index (χ1) is 10.3. The molecule has 3 aromatic rings. The predicted octanol–water partition coefficient (Wildman–Crippen LogP) is 1.17. The van der Waals surface area contributed by atoms with Gasteiger partial charge in [0.2, 0.25) is 5.91 Å². The fraction of sp³-hybridized carbons (Fsp3) is 0.143. The Kier molecular flexibility index (Phi) is 3.72. The second-order valence-electron chi connectivity index (χ2n) is 4.40. The molecule has 1 N–H and O–H groups in total. The zero-order chi connectivity index (χ0) is 14.5. The molecule has 0 aliphatic carbocycles. The Morgan fingerprint density at radius 3 is 2.76 bits per heavy atom. The van der Waals surface area contributed by atoms with Gasteiger partial charge in [-0.25, -0.2) is 4.68 Å². The summed E-state index contributed by atoms with van der Waals surface area (Å²) in [6, 6.07) is 12.3. The van der Waals surface area contributed by atoms with Gasteiger partial charge in [0.1, 0.15) is 12.1 Å². The molecule has 3 rings (SSSR count). The van der Waals surface area contributed by atoms with Crippen molar-refractivity contribution in [3.8, 4) is 0 Å². The molecule has 0 fully saturated rings. The number of aromatic nitrogens is 4. The van der Waals surface area contributed by atoms with Crippen LogP contribution >= 0.6 is 0 Å². The lowest BCUT2D eigenvalue weighted by Crippen LogP contribution is -2.33. The molecule has 0 saturated heterocycles. The molecule has 0 radical (unpaired) electrons. The zero-order valence-electron chi connectivity index (χ0n) is 11.1. The van der Waals surface area contributed by atoms with Crippen molar-refractivity contribution >= 4 is 5.91 Å². The molecule has 7 nitrogen and oxygen atoms in total. The highest BCUT2D eigenvalue weighted by atomic mass is 16.3. The van der Waals surface area contributed by atoms with Crippen LogP contribution in [0, 0.1) is 0 Å². The van der Waals surface area contributed by atoms with Crippen molar-refractivity contribution in [1.29, 1.82) is 0 Å². The molecule has 0 saturated carbocycles. The van der Waals surface area contributed by atoms with E-state index in [9.17, 15) is 4.79 Å². The molecule has 0 bridgehead atoms. The van der Waals surface area contributed by atoms with Gasteiger partial charge in [-0.15, -0.1) is 5.10 Å². The van der Waals surface area contributed by atoms with Crippen molar-refractivity contribution in [3.63, 3.8) is 0 Å². The largest absolute Gasteiger partial charge is 0.467 e. The zero-order valence-corrected chi connectivity index (χ0v) is 11.1. The van der Waals surface area contributed by atoms with Crippen LogP contribution in [0.25, 0.3) is 0 Å². The van der Waals surface area contributed by atoms with Crippen LogP contribution in [0.1, 0.15) is 17.4 Å². The summed E-state index contributed by atoms with van der Waals surface area (Å²) in [4.78, 5) is 12.5. The Morgan fingerprint density at radius 1 is 1.24 bits per heavy atom. The van der Waals surface area contributed by atoms with E-state index in [-0.39, 0.29) is 5.91 Å². The van der Waals surface area contributed by atoms with Crippen molar-refractivity contribution in [2.45, 2.75) is 12.6 Å². The summed E-state index contributed by atoms with van der Waals surface area (Å²) >= 11 is 0. The molecule has 1 atom stereocenters. The highest BCUT2D eigenvalue weighted by Gasteiger charge is 2.23. The first-order valence-corrected chi connectivity index (χ1v) is 6.42. The maximum atomic E-state index is 12.5. The fourth-order valence-electron chi connectivity index (χ4n) is 2.03. The summed E-state index contributed by atoms with van der Waals surface area (Å²) < 4.78 is 6.62. The van der Waals surface area contributed by atoms with E-state index in [0.29, 0.717) is 12.3 Å². The van der Waals surface area contributed by atoms with E-state index in [1.165, 1.54) is 11.0 Å². The van der Waals surface area contributed by atoms with Crippen LogP contribution in [0.3, 0.4) is 0 Å². The van der Waals surface area contributed by atoms with Crippen LogP contribution in [-0.2, 0) is 11.3 Å². The van der Waals surface area contributed by atoms with Gasteiger partial charge in [-0.2, -0.15) is 0 Å². The number of nitrogens with one attached hydrogen (secondary N) is 1. The van der Waals surface area contributed by atoms with E-state index >= 15 is 0 Å². The second kappa shape index (κ2) is 6.00. The van der Waals surface area contributed by atoms with E-state index in [1.54, 1.807) is 18.4 Å². The van der Waals surface area contributed by atoms with Crippen molar-refractivity contribution in [1.82, 2.24) is 25.5 Å². The Balaban J connectivity index is 1.80. The molecule has 1 amide bonds. The van der Waals surface area contributed by atoms with E-state index < -0.39 is 6.04 Å². The van der Waals surface area contributed by atoms with Crippen LogP contribution in [-0.4, -0.2) is 26.1 Å². The van der Waals surface area contributed by atoms with Gasteiger partial charge in [0.15, 0.2) is 6.04 Å². The first-order valence-electron chi connectivity index (χ1n) is 6.42. The van der Waals surface area contributed by atoms with Gasteiger partial charge in [-0.1, -0.05) is 30.3 Å². The van der Waals surface area contributed by atoms with Crippen LogP contribution in [0.15, 0.2) is 59.5 Å². The van der Waals surface area contributed by atoms with Gasteiger partial charge in [-0.05, 0) is 28.1 Å². The highest BCUT2D eigenvalue weighted by Crippen LogP contribution is 2.17. The Labute approximate surface area is 120 Å². The number of carbonyl (C=O) groups is 1. The van der Waals surface area contributed by atoms with Gasteiger partial charge < -0.3 is 9.73 Å². The van der Waals surface area contributed by atoms with Gasteiger partial charge in [0.25, 0.3) is 0 Å². The Bertz CT molecular complexity index is 680. The van der Waals surface area contributed by atoms with Crippen LogP contribution < -0.4 is 5.32 Å². The summed E-state index contributed by atoms with van der Waals surface area (Å²) in [5, 5.41) is 13.8. The summed E-state index contributed by atoms with van der Waals surface area (Å²) in [6.45, 7) is 0.317. The molecular weight excluding hydrogens is 270 g/mol. The van der Waals surface area contributed by atoms with Gasteiger partial charge >= 0.3 is 0 Å². The summed E-state index contributed by atoms with van der Waals surface area (Å²) in [5.74, 6) is 0.483. The van der Waals surface area contributed by atoms with Gasteiger partial charge in [0.05, 0.1) is 12.8 Å². The monoisotopic (exact) mass is 283 g/mol. The minimum atomic E-state index is -0.615. The van der Waals surface area contributed by atoms with E-state index in [2.05, 4.69) is 20.8 Å². The summed E-state index contributed by atoms with van der Waals surface area (Å²) in [7, 11) is 0. The van der Waals surface area contributed by atoms with Gasteiger partial charge in [0, 0.05) is 0 Å². The Hall–Kier alpha value is -2.96. The molecule has 0 aliphatic heterocycles. The molecule has 21 heavy (non-hydrogen) atoms. The molecule has 106 valence electrons. The standard InChI is InChI=1S/C14H13N5O2/c20-14(15-9-12-7-4-8-21-12)13(19-10-16-17-18-19)11-5-2-1-3-6-11/h1-8,10,13H,9H2,(H,15,20). The number of benzene rings is 1. The van der Waals surface area contributed by atoms with Crippen molar-refractivity contribution in [2.75, 3.05) is 0 Å². The normalized spacial score (nSPS) is 12.0. The molecule has 0 spiro atoms. The molecule has 2 aromatic heterocycles. The quantitative estimate of drug-likeness (QED) is 0.759. The number of hydrogen-bond acceptors (Lipinski definition) is 5. The first kappa shape index (κ1) is 13.0. The molecule has 1 unspecified atom stereocenters. The van der Waals surface area contributed by atoms with Crippen LogP contribution in [0.2, 0.25) is 0 Å². The summed E-state index contributed by atoms with van der Waals surface area (Å²) in [5.41, 5.74) is 0.807. The average molecular weight is 283 g/mol. The van der Waals surface area contributed by atoms with E-state index in [0.717, 1.165) is 5.56 Å². The second-order valence-corrected chi connectivity index (χ2v) is 4.40.